The van der Waals surface area contributed by atoms with Crippen LogP contribution in [-0.4, -0.2) is 21.2 Å². The number of aromatic nitrogens is 1. The smallest absolute Gasteiger partial charge is 0.306 e. The maximum absolute atomic E-state index is 10.2. The molecule has 0 unspecified atom stereocenters. The number of hydrogen-bond acceptors (Lipinski definition) is 4. The van der Waals surface area contributed by atoms with Gasteiger partial charge in [0.2, 0.25) is 0 Å². The van der Waals surface area contributed by atoms with Crippen LogP contribution in [0.15, 0.2) is 6.20 Å². The van der Waals surface area contributed by atoms with Crippen LogP contribution in [0.1, 0.15) is 17.4 Å². The predicted octanol–water partition coefficient (Wildman–Crippen LogP) is 1.30. The lowest BCUT2D eigenvalue weighted by Gasteiger charge is -2.01. The molecular formula is C6H6ClNO3S. The summed E-state index contributed by atoms with van der Waals surface area (Å²) in [7, 11) is 0. The van der Waals surface area contributed by atoms with Gasteiger partial charge in [0.05, 0.1) is 11.3 Å². The standard InChI is InChI=1S/C6H6ClNO3S/c7-6-8-2-4(12-6)3(9)1-5(10)11/h2-3,9H,1H2,(H,10,11)/t3-/m0/s1. The molecule has 0 aliphatic carbocycles. The number of carboxylic acids is 1. The predicted molar refractivity (Wildman–Crippen MR) is 44.3 cm³/mol. The molecular weight excluding hydrogens is 202 g/mol. The first-order valence-electron chi connectivity index (χ1n) is 3.10. The van der Waals surface area contributed by atoms with E-state index in [1.54, 1.807) is 0 Å². The molecule has 0 aliphatic rings. The highest BCUT2D eigenvalue weighted by atomic mass is 35.5. The molecule has 0 spiro atoms. The Morgan fingerprint density at radius 3 is 2.92 bits per heavy atom. The molecule has 1 rings (SSSR count). The molecule has 1 heterocycles. The lowest BCUT2D eigenvalue weighted by atomic mass is 10.2. The summed E-state index contributed by atoms with van der Waals surface area (Å²) < 4.78 is 0.300. The lowest BCUT2D eigenvalue weighted by molar-refractivity contribution is -0.139. The van der Waals surface area contributed by atoms with Gasteiger partial charge in [-0.2, -0.15) is 0 Å². The van der Waals surface area contributed by atoms with Crippen molar-refractivity contribution in [3.8, 4) is 0 Å². The third-order valence-corrected chi connectivity index (χ3v) is 2.41. The van der Waals surface area contributed by atoms with Crippen molar-refractivity contribution in [3.05, 3.63) is 15.5 Å². The van der Waals surface area contributed by atoms with E-state index in [9.17, 15) is 9.90 Å². The van der Waals surface area contributed by atoms with Gasteiger partial charge in [-0.3, -0.25) is 4.79 Å². The Morgan fingerprint density at radius 1 is 1.83 bits per heavy atom. The van der Waals surface area contributed by atoms with Crippen LogP contribution >= 0.6 is 22.9 Å². The molecule has 1 aromatic heterocycles. The molecule has 0 amide bonds. The van der Waals surface area contributed by atoms with Crippen molar-refractivity contribution in [1.29, 1.82) is 0 Å². The third kappa shape index (κ3) is 2.44. The summed E-state index contributed by atoms with van der Waals surface area (Å²) in [6.45, 7) is 0. The third-order valence-electron chi connectivity index (χ3n) is 1.19. The summed E-state index contributed by atoms with van der Waals surface area (Å²) in [6, 6.07) is 0. The first kappa shape index (κ1) is 9.44. The van der Waals surface area contributed by atoms with Crippen LogP contribution in [0.2, 0.25) is 4.47 Å². The first-order chi connectivity index (χ1) is 5.59. The lowest BCUT2D eigenvalue weighted by Crippen LogP contribution is -2.03. The Labute approximate surface area is 77.4 Å². The molecule has 66 valence electrons. The van der Waals surface area contributed by atoms with E-state index in [2.05, 4.69) is 4.98 Å². The maximum atomic E-state index is 10.2. The van der Waals surface area contributed by atoms with Crippen molar-refractivity contribution in [1.82, 2.24) is 4.98 Å². The molecule has 1 atom stereocenters. The highest BCUT2D eigenvalue weighted by Crippen LogP contribution is 2.25. The van der Waals surface area contributed by atoms with Crippen LogP contribution in [0.5, 0.6) is 0 Å². The number of thiazole rings is 1. The summed E-state index contributed by atoms with van der Waals surface area (Å²) in [4.78, 5) is 14.3. The van der Waals surface area contributed by atoms with Gasteiger partial charge < -0.3 is 10.2 Å². The maximum Gasteiger partial charge on any atom is 0.306 e. The van der Waals surface area contributed by atoms with Gasteiger partial charge in [-0.05, 0) is 0 Å². The van der Waals surface area contributed by atoms with Crippen molar-refractivity contribution in [2.75, 3.05) is 0 Å². The molecule has 4 nitrogen and oxygen atoms in total. The van der Waals surface area contributed by atoms with Crippen molar-refractivity contribution in [2.24, 2.45) is 0 Å². The Hall–Kier alpha value is -0.650. The largest absolute Gasteiger partial charge is 0.481 e. The molecule has 12 heavy (non-hydrogen) atoms. The van der Waals surface area contributed by atoms with E-state index in [-0.39, 0.29) is 6.42 Å². The second-order valence-electron chi connectivity index (χ2n) is 2.13. The average molecular weight is 208 g/mol. The second-order valence-corrected chi connectivity index (χ2v) is 3.77. The molecule has 6 heteroatoms. The van der Waals surface area contributed by atoms with Crippen molar-refractivity contribution in [2.45, 2.75) is 12.5 Å². The van der Waals surface area contributed by atoms with Gasteiger partial charge in [-0.25, -0.2) is 4.98 Å². The van der Waals surface area contributed by atoms with Crippen molar-refractivity contribution < 1.29 is 15.0 Å². The van der Waals surface area contributed by atoms with Crippen LogP contribution in [0.3, 0.4) is 0 Å². The van der Waals surface area contributed by atoms with Gasteiger partial charge in [-0.15, -0.1) is 11.3 Å². The minimum absolute atomic E-state index is 0.300. The summed E-state index contributed by atoms with van der Waals surface area (Å²) in [6.07, 6.45) is 0.0477. The van der Waals surface area contributed by atoms with E-state index in [4.69, 9.17) is 16.7 Å². The van der Waals surface area contributed by atoms with E-state index < -0.39 is 12.1 Å². The van der Waals surface area contributed by atoms with Gasteiger partial charge in [0.1, 0.15) is 6.10 Å². The van der Waals surface area contributed by atoms with Gasteiger partial charge in [0.15, 0.2) is 4.47 Å². The Morgan fingerprint density at radius 2 is 2.50 bits per heavy atom. The van der Waals surface area contributed by atoms with Crippen LogP contribution in [0, 0.1) is 0 Å². The molecule has 0 aliphatic heterocycles. The Balaban J connectivity index is 2.64. The SMILES string of the molecule is O=C(O)C[C@H](O)c1cnc(Cl)s1. The minimum atomic E-state index is -1.05. The first-order valence-corrected chi connectivity index (χ1v) is 4.30. The molecule has 0 saturated carbocycles. The van der Waals surface area contributed by atoms with E-state index in [1.165, 1.54) is 6.20 Å². The van der Waals surface area contributed by atoms with Gasteiger partial charge in [0.25, 0.3) is 0 Å². The van der Waals surface area contributed by atoms with Crippen LogP contribution in [0.4, 0.5) is 0 Å². The summed E-state index contributed by atoms with van der Waals surface area (Å²) in [5.74, 6) is -1.05. The van der Waals surface area contributed by atoms with Crippen molar-refractivity contribution >= 4 is 28.9 Å². The zero-order valence-corrected chi connectivity index (χ0v) is 7.47. The summed E-state index contributed by atoms with van der Waals surface area (Å²) in [5.41, 5.74) is 0. The molecule has 2 N–H and O–H groups in total. The number of halogens is 1. The van der Waals surface area contributed by atoms with E-state index in [1.807, 2.05) is 0 Å². The number of carbonyl (C=O) groups is 1. The zero-order valence-electron chi connectivity index (χ0n) is 5.90. The molecule has 0 radical (unpaired) electrons. The number of aliphatic hydroxyl groups is 1. The number of aliphatic hydroxyl groups excluding tert-OH is 1. The highest BCUT2D eigenvalue weighted by Gasteiger charge is 2.14. The quantitative estimate of drug-likeness (QED) is 0.784. The van der Waals surface area contributed by atoms with E-state index in [0.717, 1.165) is 11.3 Å². The Kier molecular flexibility index (Phi) is 3.02. The number of aliphatic carboxylic acids is 1. The van der Waals surface area contributed by atoms with Gasteiger partial charge >= 0.3 is 5.97 Å². The number of hydrogen-bond donors (Lipinski definition) is 2. The fourth-order valence-electron chi connectivity index (χ4n) is 0.684. The summed E-state index contributed by atoms with van der Waals surface area (Å²) >= 11 is 6.57. The summed E-state index contributed by atoms with van der Waals surface area (Å²) in [5, 5.41) is 17.6. The molecule has 0 saturated heterocycles. The molecule has 0 fully saturated rings. The van der Waals surface area contributed by atoms with Crippen LogP contribution < -0.4 is 0 Å². The molecule has 1 aromatic rings. The molecule has 0 bridgehead atoms. The second kappa shape index (κ2) is 3.84. The highest BCUT2D eigenvalue weighted by molar-refractivity contribution is 7.15. The monoisotopic (exact) mass is 207 g/mol. The van der Waals surface area contributed by atoms with Gasteiger partial charge in [-0.1, -0.05) is 11.6 Å². The average Bonchev–Trinajstić information content (AvgIpc) is 2.34. The van der Waals surface area contributed by atoms with Gasteiger partial charge in [0, 0.05) is 6.20 Å². The molecule has 0 aromatic carbocycles. The van der Waals surface area contributed by atoms with E-state index in [0.29, 0.717) is 9.34 Å². The normalized spacial score (nSPS) is 12.8. The topological polar surface area (TPSA) is 70.4 Å². The fraction of sp³-hybridized carbons (Fsp3) is 0.333. The minimum Gasteiger partial charge on any atom is -0.481 e. The zero-order chi connectivity index (χ0) is 9.14. The number of rotatable bonds is 3. The fourth-order valence-corrected chi connectivity index (χ4v) is 1.63. The van der Waals surface area contributed by atoms with Crippen molar-refractivity contribution in [3.63, 3.8) is 0 Å². The Bertz CT molecular complexity index is 288. The number of nitrogens with zero attached hydrogens (tertiary/aromatic N) is 1. The number of carboxylic acid groups (broad SMARTS) is 1. The van der Waals surface area contributed by atoms with E-state index >= 15 is 0 Å². The van der Waals surface area contributed by atoms with Crippen LogP contribution in [0.25, 0.3) is 0 Å². The van der Waals surface area contributed by atoms with Crippen LogP contribution in [-0.2, 0) is 4.79 Å².